The van der Waals surface area contributed by atoms with Crippen LogP contribution in [0.15, 0.2) is 0 Å². The zero-order valence-corrected chi connectivity index (χ0v) is 10.1. The van der Waals surface area contributed by atoms with Crippen molar-refractivity contribution in [2.75, 3.05) is 26.7 Å². The van der Waals surface area contributed by atoms with E-state index in [4.69, 9.17) is 0 Å². The molecular weight excluding hydrogens is 172 g/mol. The standard InChI is InChI=1S/C12H26N2/c1-4-5-11(2)14(3)9-8-13-10-12-6-7-12/h11-13H,4-10H2,1-3H3. The Morgan fingerprint density at radius 2 is 2.14 bits per heavy atom. The van der Waals surface area contributed by atoms with Gasteiger partial charge in [0.05, 0.1) is 0 Å². The molecule has 14 heavy (non-hydrogen) atoms. The van der Waals surface area contributed by atoms with Crippen molar-refractivity contribution in [3.05, 3.63) is 0 Å². The van der Waals surface area contributed by atoms with E-state index in [1.54, 1.807) is 0 Å². The van der Waals surface area contributed by atoms with Crippen LogP contribution in [0.25, 0.3) is 0 Å². The summed E-state index contributed by atoms with van der Waals surface area (Å²) in [6.07, 6.45) is 5.52. The van der Waals surface area contributed by atoms with Crippen molar-refractivity contribution >= 4 is 0 Å². The van der Waals surface area contributed by atoms with Gasteiger partial charge in [0.15, 0.2) is 0 Å². The van der Waals surface area contributed by atoms with Gasteiger partial charge < -0.3 is 10.2 Å². The lowest BCUT2D eigenvalue weighted by Crippen LogP contribution is -2.35. The maximum Gasteiger partial charge on any atom is 0.0107 e. The van der Waals surface area contributed by atoms with E-state index in [1.165, 1.54) is 38.8 Å². The number of rotatable bonds is 8. The largest absolute Gasteiger partial charge is 0.315 e. The summed E-state index contributed by atoms with van der Waals surface area (Å²) >= 11 is 0. The monoisotopic (exact) mass is 198 g/mol. The van der Waals surface area contributed by atoms with E-state index in [0.717, 1.165) is 18.5 Å². The smallest absolute Gasteiger partial charge is 0.0107 e. The summed E-state index contributed by atoms with van der Waals surface area (Å²) in [7, 11) is 2.24. The number of hydrogen-bond donors (Lipinski definition) is 1. The molecule has 2 heteroatoms. The van der Waals surface area contributed by atoms with Gasteiger partial charge in [0.2, 0.25) is 0 Å². The Hall–Kier alpha value is -0.0800. The summed E-state index contributed by atoms with van der Waals surface area (Å²) in [5, 5.41) is 3.53. The molecule has 0 aliphatic heterocycles. The Balaban J connectivity index is 1.92. The number of likely N-dealkylation sites (N-methyl/N-ethyl adjacent to an activating group) is 1. The van der Waals surface area contributed by atoms with Gasteiger partial charge in [-0.25, -0.2) is 0 Å². The van der Waals surface area contributed by atoms with Crippen molar-refractivity contribution in [2.24, 2.45) is 5.92 Å². The molecule has 0 radical (unpaired) electrons. The Labute approximate surface area is 89.1 Å². The Morgan fingerprint density at radius 1 is 1.43 bits per heavy atom. The van der Waals surface area contributed by atoms with Crippen LogP contribution in [0.1, 0.15) is 39.5 Å². The van der Waals surface area contributed by atoms with Gasteiger partial charge in [-0.3, -0.25) is 0 Å². The maximum absolute atomic E-state index is 3.53. The van der Waals surface area contributed by atoms with Gasteiger partial charge in [0, 0.05) is 19.1 Å². The predicted molar refractivity (Wildman–Crippen MR) is 62.6 cm³/mol. The molecule has 0 amide bonds. The molecule has 1 unspecified atom stereocenters. The molecule has 1 aliphatic rings. The van der Waals surface area contributed by atoms with Gasteiger partial charge in [0.1, 0.15) is 0 Å². The molecule has 1 saturated carbocycles. The molecule has 1 fully saturated rings. The minimum atomic E-state index is 0.739. The Morgan fingerprint density at radius 3 is 2.71 bits per heavy atom. The van der Waals surface area contributed by atoms with Gasteiger partial charge in [0.25, 0.3) is 0 Å². The van der Waals surface area contributed by atoms with Crippen LogP contribution < -0.4 is 5.32 Å². The van der Waals surface area contributed by atoms with Crippen molar-refractivity contribution in [2.45, 2.75) is 45.6 Å². The second kappa shape index (κ2) is 6.41. The topological polar surface area (TPSA) is 15.3 Å². The highest BCUT2D eigenvalue weighted by molar-refractivity contribution is 4.75. The first-order valence-corrected chi connectivity index (χ1v) is 6.15. The van der Waals surface area contributed by atoms with Gasteiger partial charge in [-0.1, -0.05) is 13.3 Å². The van der Waals surface area contributed by atoms with Gasteiger partial charge in [-0.05, 0) is 45.7 Å². The molecule has 1 rings (SSSR count). The molecule has 0 aromatic rings. The molecule has 0 aromatic carbocycles. The van der Waals surface area contributed by atoms with Crippen LogP contribution in [0, 0.1) is 5.92 Å². The Kier molecular flexibility index (Phi) is 5.49. The van der Waals surface area contributed by atoms with Crippen LogP contribution in [0.5, 0.6) is 0 Å². The molecule has 0 heterocycles. The van der Waals surface area contributed by atoms with E-state index in [2.05, 4.69) is 31.1 Å². The SMILES string of the molecule is CCCC(C)N(C)CCNCC1CC1. The first-order valence-electron chi connectivity index (χ1n) is 6.15. The first-order chi connectivity index (χ1) is 6.74. The highest BCUT2D eigenvalue weighted by atomic mass is 15.1. The first kappa shape index (κ1) is 12.0. The molecule has 0 aromatic heterocycles. The molecule has 0 bridgehead atoms. The summed E-state index contributed by atoms with van der Waals surface area (Å²) in [5.41, 5.74) is 0. The second-order valence-electron chi connectivity index (χ2n) is 4.77. The van der Waals surface area contributed by atoms with Gasteiger partial charge in [-0.15, -0.1) is 0 Å². The van der Waals surface area contributed by atoms with Crippen LogP contribution in [0.4, 0.5) is 0 Å². The quantitative estimate of drug-likeness (QED) is 0.601. The van der Waals surface area contributed by atoms with Crippen LogP contribution in [-0.2, 0) is 0 Å². The fourth-order valence-corrected chi connectivity index (χ4v) is 1.74. The van der Waals surface area contributed by atoms with E-state index in [-0.39, 0.29) is 0 Å². The molecule has 1 atom stereocenters. The van der Waals surface area contributed by atoms with Crippen molar-refractivity contribution < 1.29 is 0 Å². The van der Waals surface area contributed by atoms with E-state index in [0.29, 0.717) is 0 Å². The summed E-state index contributed by atoms with van der Waals surface area (Å²) in [6, 6.07) is 0.739. The highest BCUT2D eigenvalue weighted by Gasteiger charge is 2.20. The lowest BCUT2D eigenvalue weighted by atomic mass is 10.2. The zero-order valence-electron chi connectivity index (χ0n) is 10.1. The lowest BCUT2D eigenvalue weighted by molar-refractivity contribution is 0.244. The molecule has 1 N–H and O–H groups in total. The fraction of sp³-hybridized carbons (Fsp3) is 1.00. The average molecular weight is 198 g/mol. The highest BCUT2D eigenvalue weighted by Crippen LogP contribution is 2.27. The normalized spacial score (nSPS) is 18.9. The molecule has 0 spiro atoms. The number of hydrogen-bond acceptors (Lipinski definition) is 2. The average Bonchev–Trinajstić information content (AvgIpc) is 2.96. The van der Waals surface area contributed by atoms with Crippen molar-refractivity contribution in [1.29, 1.82) is 0 Å². The second-order valence-corrected chi connectivity index (χ2v) is 4.77. The van der Waals surface area contributed by atoms with Crippen molar-refractivity contribution in [3.8, 4) is 0 Å². The van der Waals surface area contributed by atoms with E-state index in [9.17, 15) is 0 Å². The molecule has 1 aliphatic carbocycles. The fourth-order valence-electron chi connectivity index (χ4n) is 1.74. The third-order valence-electron chi connectivity index (χ3n) is 3.23. The van der Waals surface area contributed by atoms with E-state index in [1.807, 2.05) is 0 Å². The maximum atomic E-state index is 3.53. The van der Waals surface area contributed by atoms with Crippen LogP contribution in [-0.4, -0.2) is 37.6 Å². The summed E-state index contributed by atoms with van der Waals surface area (Å²) < 4.78 is 0. The van der Waals surface area contributed by atoms with E-state index < -0.39 is 0 Å². The van der Waals surface area contributed by atoms with E-state index >= 15 is 0 Å². The summed E-state index contributed by atoms with van der Waals surface area (Å²) in [6.45, 7) is 8.17. The minimum Gasteiger partial charge on any atom is -0.315 e. The zero-order chi connectivity index (χ0) is 10.4. The van der Waals surface area contributed by atoms with Crippen LogP contribution >= 0.6 is 0 Å². The Bertz CT molecular complexity index is 143. The molecular formula is C12H26N2. The molecule has 0 saturated heterocycles. The number of nitrogens with one attached hydrogen (secondary N) is 1. The molecule has 84 valence electrons. The van der Waals surface area contributed by atoms with Gasteiger partial charge in [-0.2, -0.15) is 0 Å². The van der Waals surface area contributed by atoms with Crippen LogP contribution in [0.3, 0.4) is 0 Å². The summed E-state index contributed by atoms with van der Waals surface area (Å²) in [5.74, 6) is 1.01. The predicted octanol–water partition coefficient (Wildman–Crippen LogP) is 2.11. The third kappa shape index (κ3) is 4.97. The lowest BCUT2D eigenvalue weighted by Gasteiger charge is -2.24. The van der Waals surface area contributed by atoms with Crippen molar-refractivity contribution in [1.82, 2.24) is 10.2 Å². The van der Waals surface area contributed by atoms with Gasteiger partial charge >= 0.3 is 0 Å². The van der Waals surface area contributed by atoms with Crippen LogP contribution in [0.2, 0.25) is 0 Å². The van der Waals surface area contributed by atoms with Crippen molar-refractivity contribution in [3.63, 3.8) is 0 Å². The third-order valence-corrected chi connectivity index (χ3v) is 3.23. The molecule has 2 nitrogen and oxygen atoms in total. The minimum absolute atomic E-state index is 0.739. The number of nitrogens with zero attached hydrogens (tertiary/aromatic N) is 1. The summed E-state index contributed by atoms with van der Waals surface area (Å²) in [4.78, 5) is 2.46.